The van der Waals surface area contributed by atoms with Gasteiger partial charge in [0.15, 0.2) is 0 Å². The third-order valence-corrected chi connectivity index (χ3v) is 4.89. The highest BCUT2D eigenvalue weighted by molar-refractivity contribution is 6.08. The third-order valence-electron chi connectivity index (χ3n) is 4.89. The Morgan fingerprint density at radius 1 is 1.21 bits per heavy atom. The van der Waals surface area contributed by atoms with Crippen LogP contribution in [0.2, 0.25) is 0 Å². The number of nitrogens with zero attached hydrogens (tertiary/aromatic N) is 2. The Hall–Kier alpha value is -2.43. The van der Waals surface area contributed by atoms with Gasteiger partial charge in [0.1, 0.15) is 6.04 Å². The number of aryl methyl sites for hydroxylation is 2. The fourth-order valence-corrected chi connectivity index (χ4v) is 3.45. The fraction of sp³-hybridized carbons (Fsp3) is 0.421. The minimum Gasteiger partial charge on any atom is -0.480 e. The quantitative estimate of drug-likeness (QED) is 0.920. The van der Waals surface area contributed by atoms with Gasteiger partial charge >= 0.3 is 5.97 Å². The lowest BCUT2D eigenvalue weighted by atomic mass is 9.96. The van der Waals surface area contributed by atoms with Crippen molar-refractivity contribution in [2.45, 2.75) is 46.1 Å². The van der Waals surface area contributed by atoms with Crippen molar-refractivity contribution in [1.29, 1.82) is 0 Å². The van der Waals surface area contributed by atoms with Crippen LogP contribution >= 0.6 is 0 Å². The molecule has 1 fully saturated rings. The van der Waals surface area contributed by atoms with Crippen LogP contribution in [0.4, 0.5) is 0 Å². The molecule has 126 valence electrons. The van der Waals surface area contributed by atoms with E-state index in [-0.39, 0.29) is 5.91 Å². The molecule has 1 aliphatic rings. The molecule has 1 aromatic carbocycles. The molecule has 0 bridgehead atoms. The first-order chi connectivity index (χ1) is 11.4. The van der Waals surface area contributed by atoms with Crippen molar-refractivity contribution in [3.63, 3.8) is 0 Å². The molecule has 2 aromatic rings. The van der Waals surface area contributed by atoms with Crippen molar-refractivity contribution >= 4 is 22.8 Å². The minimum atomic E-state index is -0.924. The van der Waals surface area contributed by atoms with Crippen molar-refractivity contribution in [3.8, 4) is 0 Å². The topological polar surface area (TPSA) is 70.5 Å². The highest BCUT2D eigenvalue weighted by Crippen LogP contribution is 2.28. The van der Waals surface area contributed by atoms with Crippen molar-refractivity contribution in [2.24, 2.45) is 0 Å². The van der Waals surface area contributed by atoms with Gasteiger partial charge in [0.25, 0.3) is 5.91 Å². The highest BCUT2D eigenvalue weighted by atomic mass is 16.4. The first-order valence-electron chi connectivity index (χ1n) is 8.31. The third kappa shape index (κ3) is 2.75. The van der Waals surface area contributed by atoms with Gasteiger partial charge < -0.3 is 10.0 Å². The second-order valence-corrected chi connectivity index (χ2v) is 6.57. The number of rotatable bonds is 2. The van der Waals surface area contributed by atoms with Gasteiger partial charge in [-0.05, 0) is 57.7 Å². The smallest absolute Gasteiger partial charge is 0.326 e. The van der Waals surface area contributed by atoms with Crippen molar-refractivity contribution < 1.29 is 14.7 Å². The fourth-order valence-electron chi connectivity index (χ4n) is 3.45. The SMILES string of the molecule is Cc1ccc2nc(C)c(C)c(C(=O)N3CCCC[C@H]3C(=O)O)c2c1. The summed E-state index contributed by atoms with van der Waals surface area (Å²) in [6.07, 6.45) is 2.20. The molecule has 1 amide bonds. The average molecular weight is 326 g/mol. The number of fused-ring (bicyclic) bond motifs is 1. The Morgan fingerprint density at radius 3 is 2.67 bits per heavy atom. The van der Waals surface area contributed by atoms with Crippen LogP contribution in [0.3, 0.4) is 0 Å². The number of benzene rings is 1. The number of carbonyl (C=O) groups is 2. The van der Waals surface area contributed by atoms with E-state index in [0.717, 1.165) is 40.6 Å². The van der Waals surface area contributed by atoms with E-state index in [2.05, 4.69) is 4.98 Å². The van der Waals surface area contributed by atoms with E-state index in [0.29, 0.717) is 18.5 Å². The normalized spacial score (nSPS) is 18.0. The van der Waals surface area contributed by atoms with E-state index in [1.54, 1.807) is 0 Å². The molecule has 24 heavy (non-hydrogen) atoms. The Morgan fingerprint density at radius 2 is 1.96 bits per heavy atom. The molecule has 1 atom stereocenters. The standard InChI is InChI=1S/C19H22N2O3/c1-11-7-8-15-14(10-11)17(12(2)13(3)20-15)18(22)21-9-5-4-6-16(21)19(23)24/h7-8,10,16H,4-6,9H2,1-3H3,(H,23,24)/t16-/m0/s1. The molecule has 1 N–H and O–H groups in total. The lowest BCUT2D eigenvalue weighted by Crippen LogP contribution is -2.48. The molecule has 0 saturated carbocycles. The van der Waals surface area contributed by atoms with E-state index in [1.807, 2.05) is 39.0 Å². The Bertz CT molecular complexity index is 829. The van der Waals surface area contributed by atoms with Gasteiger partial charge in [-0.15, -0.1) is 0 Å². The molecule has 0 spiro atoms. The summed E-state index contributed by atoms with van der Waals surface area (Å²) < 4.78 is 0. The number of hydrogen-bond acceptors (Lipinski definition) is 3. The zero-order valence-electron chi connectivity index (χ0n) is 14.3. The molecule has 5 heteroatoms. The van der Waals surface area contributed by atoms with E-state index < -0.39 is 12.0 Å². The van der Waals surface area contributed by atoms with E-state index in [4.69, 9.17) is 0 Å². The molecule has 1 saturated heterocycles. The van der Waals surface area contributed by atoms with Crippen LogP contribution in [0.1, 0.15) is 46.4 Å². The summed E-state index contributed by atoms with van der Waals surface area (Å²) in [5.74, 6) is -1.12. The molecule has 2 heterocycles. The van der Waals surface area contributed by atoms with E-state index >= 15 is 0 Å². The number of amides is 1. The molecule has 0 unspecified atom stereocenters. The van der Waals surface area contributed by atoms with Gasteiger partial charge in [-0.2, -0.15) is 0 Å². The van der Waals surface area contributed by atoms with Crippen LogP contribution < -0.4 is 0 Å². The van der Waals surface area contributed by atoms with Gasteiger partial charge in [-0.1, -0.05) is 11.6 Å². The predicted octanol–water partition coefficient (Wildman–Crippen LogP) is 3.24. The molecule has 5 nitrogen and oxygen atoms in total. The highest BCUT2D eigenvalue weighted by Gasteiger charge is 2.34. The Labute approximate surface area is 141 Å². The number of aliphatic carboxylic acids is 1. The lowest BCUT2D eigenvalue weighted by Gasteiger charge is -2.33. The maximum absolute atomic E-state index is 13.2. The zero-order valence-corrected chi connectivity index (χ0v) is 14.3. The van der Waals surface area contributed by atoms with Crippen LogP contribution in [0.5, 0.6) is 0 Å². The number of carbonyl (C=O) groups excluding carboxylic acids is 1. The van der Waals surface area contributed by atoms with Gasteiger partial charge in [0.2, 0.25) is 0 Å². The second kappa shape index (κ2) is 6.23. The summed E-state index contributed by atoms with van der Waals surface area (Å²) in [6.45, 7) is 6.24. The number of aromatic nitrogens is 1. The summed E-state index contributed by atoms with van der Waals surface area (Å²) in [5.41, 5.74) is 4.05. The van der Waals surface area contributed by atoms with E-state index in [1.165, 1.54) is 4.90 Å². The van der Waals surface area contributed by atoms with Crippen LogP contribution in [0, 0.1) is 20.8 Å². The summed E-state index contributed by atoms with van der Waals surface area (Å²) in [4.78, 5) is 30.9. The van der Waals surface area contributed by atoms with Gasteiger partial charge in [-0.3, -0.25) is 9.78 Å². The summed E-state index contributed by atoms with van der Waals surface area (Å²) in [6, 6.07) is 5.11. The van der Waals surface area contributed by atoms with E-state index in [9.17, 15) is 14.7 Å². The molecule has 1 aliphatic heterocycles. The van der Waals surface area contributed by atoms with Gasteiger partial charge in [0.05, 0.1) is 11.1 Å². The first kappa shape index (κ1) is 16.4. The van der Waals surface area contributed by atoms with Gasteiger partial charge in [-0.25, -0.2) is 4.79 Å². The minimum absolute atomic E-state index is 0.194. The lowest BCUT2D eigenvalue weighted by molar-refractivity contribution is -0.143. The Kier molecular flexibility index (Phi) is 4.26. The maximum atomic E-state index is 13.2. The average Bonchev–Trinajstić information content (AvgIpc) is 2.56. The number of piperidine rings is 1. The number of pyridine rings is 1. The summed E-state index contributed by atoms with van der Waals surface area (Å²) in [5, 5.41) is 10.3. The molecule has 3 rings (SSSR count). The number of likely N-dealkylation sites (tertiary alicyclic amines) is 1. The first-order valence-corrected chi connectivity index (χ1v) is 8.31. The molecule has 0 radical (unpaired) electrons. The molecular weight excluding hydrogens is 304 g/mol. The molecule has 1 aromatic heterocycles. The van der Waals surface area contributed by atoms with Crippen molar-refractivity contribution in [1.82, 2.24) is 9.88 Å². The Balaban J connectivity index is 2.17. The van der Waals surface area contributed by atoms with Crippen molar-refractivity contribution in [2.75, 3.05) is 6.54 Å². The monoisotopic (exact) mass is 326 g/mol. The predicted molar refractivity (Wildman–Crippen MR) is 92.3 cm³/mol. The largest absolute Gasteiger partial charge is 0.480 e. The number of carboxylic acid groups (broad SMARTS) is 1. The van der Waals surface area contributed by atoms with Crippen molar-refractivity contribution in [3.05, 3.63) is 40.6 Å². The zero-order chi connectivity index (χ0) is 17.4. The van der Waals surface area contributed by atoms with Crippen LogP contribution in [-0.4, -0.2) is 39.5 Å². The van der Waals surface area contributed by atoms with Crippen LogP contribution in [0.15, 0.2) is 18.2 Å². The van der Waals surface area contributed by atoms with Crippen LogP contribution in [0.25, 0.3) is 10.9 Å². The number of carboxylic acids is 1. The second-order valence-electron chi connectivity index (χ2n) is 6.57. The summed E-state index contributed by atoms with van der Waals surface area (Å²) in [7, 11) is 0. The van der Waals surface area contributed by atoms with Crippen LogP contribution in [-0.2, 0) is 4.79 Å². The molecular formula is C19H22N2O3. The van der Waals surface area contributed by atoms with Gasteiger partial charge in [0, 0.05) is 17.6 Å². The maximum Gasteiger partial charge on any atom is 0.326 e. The molecule has 0 aliphatic carbocycles. The summed E-state index contributed by atoms with van der Waals surface area (Å²) >= 11 is 0. The number of hydrogen-bond donors (Lipinski definition) is 1.